The number of amides is 1. The zero-order valence-electron chi connectivity index (χ0n) is 13.0. The summed E-state index contributed by atoms with van der Waals surface area (Å²) >= 11 is 0. The maximum atomic E-state index is 12.7. The van der Waals surface area contributed by atoms with E-state index in [1.807, 2.05) is 18.9 Å². The van der Waals surface area contributed by atoms with Crippen LogP contribution in [0.15, 0.2) is 6.20 Å². The van der Waals surface area contributed by atoms with Gasteiger partial charge in [0.1, 0.15) is 0 Å². The number of aromatic nitrogens is 2. The summed E-state index contributed by atoms with van der Waals surface area (Å²) in [6.07, 6.45) is 4.06. The van der Waals surface area contributed by atoms with Crippen molar-refractivity contribution in [1.29, 1.82) is 0 Å². The van der Waals surface area contributed by atoms with Crippen molar-refractivity contribution >= 4 is 5.91 Å². The molecule has 1 fully saturated rings. The van der Waals surface area contributed by atoms with Crippen LogP contribution in [0.25, 0.3) is 0 Å². The third-order valence-corrected chi connectivity index (χ3v) is 3.94. The Morgan fingerprint density at radius 2 is 2.35 bits per heavy atom. The third-order valence-electron chi connectivity index (χ3n) is 3.94. The van der Waals surface area contributed by atoms with Crippen molar-refractivity contribution in [1.82, 2.24) is 20.0 Å². The Hall–Kier alpha value is -1.36. The first-order chi connectivity index (χ1) is 9.49. The molecule has 0 spiro atoms. The first-order valence-electron chi connectivity index (χ1n) is 7.50. The fraction of sp³-hybridized carbons (Fsp3) is 0.733. The molecule has 1 amide bonds. The van der Waals surface area contributed by atoms with Gasteiger partial charge in [0.2, 0.25) is 0 Å². The van der Waals surface area contributed by atoms with Crippen LogP contribution in [-0.2, 0) is 7.05 Å². The van der Waals surface area contributed by atoms with E-state index in [0.717, 1.165) is 37.3 Å². The van der Waals surface area contributed by atoms with Crippen LogP contribution in [0.1, 0.15) is 42.7 Å². The lowest BCUT2D eigenvalue weighted by Gasteiger charge is -2.27. The zero-order chi connectivity index (χ0) is 14.7. The van der Waals surface area contributed by atoms with Crippen molar-refractivity contribution < 1.29 is 4.79 Å². The number of hydrogen-bond donors (Lipinski definition) is 1. The summed E-state index contributed by atoms with van der Waals surface area (Å²) < 4.78 is 1.76. The summed E-state index contributed by atoms with van der Waals surface area (Å²) in [5, 5.41) is 7.66. The predicted molar refractivity (Wildman–Crippen MR) is 79.7 cm³/mol. The highest BCUT2D eigenvalue weighted by Gasteiger charge is 2.25. The van der Waals surface area contributed by atoms with Gasteiger partial charge in [-0.1, -0.05) is 13.8 Å². The second-order valence-electron chi connectivity index (χ2n) is 6.16. The molecule has 1 aliphatic heterocycles. The van der Waals surface area contributed by atoms with Crippen LogP contribution >= 0.6 is 0 Å². The fourth-order valence-corrected chi connectivity index (χ4v) is 2.74. The van der Waals surface area contributed by atoms with Crippen molar-refractivity contribution in [2.75, 3.05) is 19.6 Å². The van der Waals surface area contributed by atoms with Crippen LogP contribution < -0.4 is 5.32 Å². The maximum absolute atomic E-state index is 12.7. The highest BCUT2D eigenvalue weighted by Crippen LogP contribution is 2.14. The molecule has 1 aromatic heterocycles. The number of aryl methyl sites for hydroxylation is 1. The van der Waals surface area contributed by atoms with Gasteiger partial charge >= 0.3 is 0 Å². The second-order valence-corrected chi connectivity index (χ2v) is 6.16. The number of hydrogen-bond acceptors (Lipinski definition) is 3. The van der Waals surface area contributed by atoms with Crippen LogP contribution in [0.3, 0.4) is 0 Å². The molecule has 1 aliphatic rings. The number of carbonyl (C=O) groups excluding carboxylic acids is 1. The second kappa shape index (κ2) is 6.39. The highest BCUT2D eigenvalue weighted by atomic mass is 16.2. The summed E-state index contributed by atoms with van der Waals surface area (Å²) in [7, 11) is 1.87. The van der Waals surface area contributed by atoms with E-state index in [4.69, 9.17) is 0 Å². The fourth-order valence-electron chi connectivity index (χ4n) is 2.74. The van der Waals surface area contributed by atoms with Gasteiger partial charge in [0.15, 0.2) is 0 Å². The zero-order valence-corrected chi connectivity index (χ0v) is 13.0. The summed E-state index contributed by atoms with van der Waals surface area (Å²) in [6.45, 7) is 8.91. The largest absolute Gasteiger partial charge is 0.337 e. The molecule has 5 heteroatoms. The number of nitrogens with one attached hydrogen (secondary N) is 1. The Balaban J connectivity index is 2.12. The lowest BCUT2D eigenvalue weighted by molar-refractivity contribution is 0.0720. The molecule has 1 saturated heterocycles. The predicted octanol–water partition coefficient (Wildman–Crippen LogP) is 1.58. The van der Waals surface area contributed by atoms with Crippen LogP contribution in [0.5, 0.6) is 0 Å². The smallest absolute Gasteiger partial charge is 0.257 e. The van der Waals surface area contributed by atoms with Crippen molar-refractivity contribution in [2.24, 2.45) is 13.0 Å². The topological polar surface area (TPSA) is 50.2 Å². The van der Waals surface area contributed by atoms with E-state index in [9.17, 15) is 4.79 Å². The minimum absolute atomic E-state index is 0.109. The molecule has 0 radical (unpaired) electrons. The van der Waals surface area contributed by atoms with Crippen molar-refractivity contribution in [3.05, 3.63) is 17.5 Å². The summed E-state index contributed by atoms with van der Waals surface area (Å²) in [5.41, 5.74) is 1.66. The molecule has 2 rings (SSSR count). The SMILES string of the molecule is Cc1c(C(=O)N(CC(C)C)CC2CCCN2)cnn1C. The first-order valence-corrected chi connectivity index (χ1v) is 7.50. The van der Waals surface area contributed by atoms with Crippen molar-refractivity contribution in [2.45, 2.75) is 39.7 Å². The Labute approximate surface area is 121 Å². The van der Waals surface area contributed by atoms with Gasteiger partial charge in [0.05, 0.1) is 11.8 Å². The molecule has 112 valence electrons. The quantitative estimate of drug-likeness (QED) is 0.889. The van der Waals surface area contributed by atoms with Crippen LogP contribution in [-0.4, -0.2) is 46.3 Å². The molecule has 1 N–H and O–H groups in total. The van der Waals surface area contributed by atoms with Gasteiger partial charge in [-0.05, 0) is 32.2 Å². The van der Waals surface area contributed by atoms with Gasteiger partial charge in [-0.25, -0.2) is 0 Å². The molecule has 0 aromatic carbocycles. The molecule has 5 nitrogen and oxygen atoms in total. The van der Waals surface area contributed by atoms with Crippen molar-refractivity contribution in [3.8, 4) is 0 Å². The highest BCUT2D eigenvalue weighted by molar-refractivity contribution is 5.95. The van der Waals surface area contributed by atoms with Crippen LogP contribution in [0.2, 0.25) is 0 Å². The summed E-state index contributed by atoms with van der Waals surface area (Å²) in [6, 6.07) is 0.440. The number of nitrogens with zero attached hydrogens (tertiary/aromatic N) is 3. The average molecular weight is 278 g/mol. The van der Waals surface area contributed by atoms with Gasteiger partial charge in [0, 0.05) is 31.9 Å². The van der Waals surface area contributed by atoms with Crippen LogP contribution in [0.4, 0.5) is 0 Å². The van der Waals surface area contributed by atoms with E-state index in [1.54, 1.807) is 10.9 Å². The molecule has 0 bridgehead atoms. The molecule has 0 aliphatic carbocycles. The van der Waals surface area contributed by atoms with Crippen molar-refractivity contribution in [3.63, 3.8) is 0 Å². The molecular weight excluding hydrogens is 252 g/mol. The normalized spacial score (nSPS) is 18.8. The van der Waals surface area contributed by atoms with E-state index in [0.29, 0.717) is 12.0 Å². The molecular formula is C15H26N4O. The molecule has 1 atom stereocenters. The minimum Gasteiger partial charge on any atom is -0.337 e. The number of carbonyl (C=O) groups is 1. The first kappa shape index (κ1) is 15.0. The van der Waals surface area contributed by atoms with E-state index >= 15 is 0 Å². The Morgan fingerprint density at radius 3 is 2.85 bits per heavy atom. The Morgan fingerprint density at radius 1 is 1.60 bits per heavy atom. The lowest BCUT2D eigenvalue weighted by atomic mass is 10.1. The monoisotopic (exact) mass is 278 g/mol. The van der Waals surface area contributed by atoms with Gasteiger partial charge in [-0.2, -0.15) is 5.10 Å². The van der Waals surface area contributed by atoms with Gasteiger partial charge in [-0.3, -0.25) is 9.48 Å². The molecule has 2 heterocycles. The Bertz CT molecular complexity index is 460. The van der Waals surface area contributed by atoms with Crippen LogP contribution in [0, 0.1) is 12.8 Å². The van der Waals surface area contributed by atoms with Gasteiger partial charge in [-0.15, -0.1) is 0 Å². The maximum Gasteiger partial charge on any atom is 0.257 e. The minimum atomic E-state index is 0.109. The molecule has 1 aromatic rings. The Kier molecular flexibility index (Phi) is 4.81. The van der Waals surface area contributed by atoms with Gasteiger partial charge in [0.25, 0.3) is 5.91 Å². The molecule has 0 saturated carbocycles. The summed E-state index contributed by atoms with van der Waals surface area (Å²) in [5.74, 6) is 0.579. The van der Waals surface area contributed by atoms with E-state index in [1.165, 1.54) is 6.42 Å². The van der Waals surface area contributed by atoms with E-state index < -0.39 is 0 Å². The third kappa shape index (κ3) is 3.39. The number of rotatable bonds is 5. The standard InChI is InChI=1S/C15H26N4O/c1-11(2)9-19(10-13-6-5-7-16-13)15(20)14-8-17-18(4)12(14)3/h8,11,13,16H,5-7,9-10H2,1-4H3. The molecule has 1 unspecified atom stereocenters. The lowest BCUT2D eigenvalue weighted by Crippen LogP contribution is -2.43. The average Bonchev–Trinajstić information content (AvgIpc) is 2.99. The van der Waals surface area contributed by atoms with E-state index in [-0.39, 0.29) is 5.91 Å². The molecule has 20 heavy (non-hydrogen) atoms. The van der Waals surface area contributed by atoms with Gasteiger partial charge < -0.3 is 10.2 Å². The summed E-state index contributed by atoms with van der Waals surface area (Å²) in [4.78, 5) is 14.7. The van der Waals surface area contributed by atoms with E-state index in [2.05, 4.69) is 24.3 Å².